The van der Waals surface area contributed by atoms with E-state index in [1.54, 1.807) is 51.1 Å². The monoisotopic (exact) mass is 819 g/mol. The standard InChI is InChI=1S/C38H65N11O9/c1-7-22(6)30(31(40)52)49-33(54)25(14-11-15-43-38(41)42)44-37(58)29(21(4)5)48-34(55)26(17-23-12-9-8-10-13-23)45-35(56)28(19-51)47-36(57)27(18-50)46-32(53)24(39)16-20(2)3/h8-10,12-13,20-22,24-30,50-51H,7,11,14-19,39H2,1-6H3,(H2,40,52)(H,44,58)(H,45,56)(H,46,53)(H,47,57)(H,48,55)(H,49,54)(H4,41,42,43)/t22-,24-,25-,26-,27-,28-,29-,30-/m0/s1. The number of nitrogens with two attached hydrogens (primary N) is 4. The Bertz CT molecular complexity index is 1540. The van der Waals surface area contributed by atoms with Gasteiger partial charge in [0.05, 0.1) is 19.3 Å². The predicted molar refractivity (Wildman–Crippen MR) is 217 cm³/mol. The summed E-state index contributed by atoms with van der Waals surface area (Å²) in [7, 11) is 0. The number of aliphatic imine (C=N–C) groups is 1. The number of aliphatic hydroxyl groups is 2. The molecule has 20 heteroatoms. The molecule has 58 heavy (non-hydrogen) atoms. The Kier molecular flexibility index (Phi) is 22.6. The van der Waals surface area contributed by atoms with Gasteiger partial charge in [-0.3, -0.25) is 38.6 Å². The summed E-state index contributed by atoms with van der Waals surface area (Å²) in [5, 5.41) is 35.0. The van der Waals surface area contributed by atoms with Crippen LogP contribution in [-0.4, -0.2) is 120 Å². The molecule has 7 amide bonds. The summed E-state index contributed by atoms with van der Waals surface area (Å²) in [6, 6.07) is -0.341. The molecular weight excluding hydrogens is 754 g/mol. The number of hydrogen-bond donors (Lipinski definition) is 12. The third kappa shape index (κ3) is 17.9. The molecular formula is C38H65N11O9. The van der Waals surface area contributed by atoms with E-state index in [0.717, 1.165) is 0 Å². The largest absolute Gasteiger partial charge is 0.394 e. The molecule has 326 valence electrons. The number of nitrogens with zero attached hydrogens (tertiary/aromatic N) is 1. The van der Waals surface area contributed by atoms with Gasteiger partial charge < -0.3 is 65.0 Å². The van der Waals surface area contributed by atoms with Crippen molar-refractivity contribution >= 4 is 47.3 Å². The van der Waals surface area contributed by atoms with E-state index < -0.39 is 103 Å². The lowest BCUT2D eigenvalue weighted by Gasteiger charge is -2.29. The van der Waals surface area contributed by atoms with Gasteiger partial charge in [-0.15, -0.1) is 0 Å². The summed E-state index contributed by atoms with van der Waals surface area (Å²) in [4.78, 5) is 96.4. The Labute approximate surface area is 339 Å². The average Bonchev–Trinajstić information content (AvgIpc) is 3.16. The number of guanidine groups is 1. The fraction of sp³-hybridized carbons (Fsp3) is 0.632. The first-order valence-electron chi connectivity index (χ1n) is 19.4. The van der Waals surface area contributed by atoms with Crippen molar-refractivity contribution in [2.24, 2.45) is 45.7 Å². The number of nitrogens with one attached hydrogen (secondary N) is 6. The van der Waals surface area contributed by atoms with E-state index in [0.29, 0.717) is 18.4 Å². The van der Waals surface area contributed by atoms with Crippen molar-refractivity contribution in [2.45, 2.75) is 116 Å². The maximum atomic E-state index is 14.0. The molecule has 0 radical (unpaired) electrons. The average molecular weight is 820 g/mol. The molecule has 8 atom stereocenters. The predicted octanol–water partition coefficient (Wildman–Crippen LogP) is -3.26. The fourth-order valence-corrected chi connectivity index (χ4v) is 5.69. The van der Waals surface area contributed by atoms with Crippen LogP contribution in [0.4, 0.5) is 0 Å². The fourth-order valence-electron chi connectivity index (χ4n) is 5.69. The van der Waals surface area contributed by atoms with Crippen LogP contribution in [0.2, 0.25) is 0 Å². The molecule has 0 fully saturated rings. The highest BCUT2D eigenvalue weighted by Crippen LogP contribution is 2.11. The van der Waals surface area contributed by atoms with Gasteiger partial charge in [-0.1, -0.05) is 78.3 Å². The molecule has 0 unspecified atom stereocenters. The lowest BCUT2D eigenvalue weighted by Crippen LogP contribution is -2.61. The van der Waals surface area contributed by atoms with Crippen molar-refractivity contribution in [1.29, 1.82) is 0 Å². The lowest BCUT2D eigenvalue weighted by molar-refractivity contribution is -0.136. The van der Waals surface area contributed by atoms with Gasteiger partial charge in [-0.05, 0) is 42.6 Å². The van der Waals surface area contributed by atoms with Crippen LogP contribution in [0.5, 0.6) is 0 Å². The number of rotatable bonds is 26. The van der Waals surface area contributed by atoms with Crippen LogP contribution in [0.25, 0.3) is 0 Å². The topological polar surface area (TPSA) is 349 Å². The highest BCUT2D eigenvalue weighted by molar-refractivity contribution is 5.97. The maximum absolute atomic E-state index is 14.0. The number of carbonyl (C=O) groups is 7. The van der Waals surface area contributed by atoms with Crippen molar-refractivity contribution in [3.8, 4) is 0 Å². The first-order chi connectivity index (χ1) is 27.2. The van der Waals surface area contributed by atoms with E-state index in [1.165, 1.54) is 0 Å². The van der Waals surface area contributed by atoms with Crippen LogP contribution < -0.4 is 54.8 Å². The molecule has 0 spiro atoms. The van der Waals surface area contributed by atoms with Gasteiger partial charge >= 0.3 is 0 Å². The third-order valence-electron chi connectivity index (χ3n) is 9.25. The Morgan fingerprint density at radius 2 is 1.14 bits per heavy atom. The lowest BCUT2D eigenvalue weighted by atomic mass is 9.97. The van der Waals surface area contributed by atoms with E-state index in [4.69, 9.17) is 22.9 Å². The quantitative estimate of drug-likeness (QED) is 0.0249. The molecule has 1 rings (SSSR count). The first-order valence-corrected chi connectivity index (χ1v) is 19.4. The molecule has 16 N–H and O–H groups in total. The molecule has 20 nitrogen and oxygen atoms in total. The molecule has 0 aliphatic rings. The summed E-state index contributed by atoms with van der Waals surface area (Å²) < 4.78 is 0. The Morgan fingerprint density at radius 3 is 1.62 bits per heavy atom. The summed E-state index contributed by atoms with van der Waals surface area (Å²) >= 11 is 0. The second kappa shape index (κ2) is 25.8. The normalized spacial score (nSPS) is 15.3. The zero-order valence-corrected chi connectivity index (χ0v) is 34.3. The van der Waals surface area contributed by atoms with Gasteiger partial charge in [0.15, 0.2) is 5.96 Å². The number of hydrogen-bond acceptors (Lipinski definition) is 11. The highest BCUT2D eigenvalue weighted by atomic mass is 16.3. The van der Waals surface area contributed by atoms with Crippen LogP contribution in [0, 0.1) is 17.8 Å². The molecule has 0 aromatic heterocycles. The zero-order chi connectivity index (χ0) is 44.1. The summed E-state index contributed by atoms with van der Waals surface area (Å²) in [6.07, 6.45) is 1.05. The minimum Gasteiger partial charge on any atom is -0.394 e. The van der Waals surface area contributed by atoms with E-state index in [1.807, 2.05) is 20.8 Å². The smallest absolute Gasteiger partial charge is 0.245 e. The Morgan fingerprint density at radius 1 is 0.655 bits per heavy atom. The van der Waals surface area contributed by atoms with Crippen LogP contribution in [0.1, 0.15) is 72.8 Å². The van der Waals surface area contributed by atoms with Crippen molar-refractivity contribution in [3.05, 3.63) is 35.9 Å². The minimum absolute atomic E-state index is 0.0473. The van der Waals surface area contributed by atoms with Crippen LogP contribution in [0.3, 0.4) is 0 Å². The van der Waals surface area contributed by atoms with Gasteiger partial charge in [0, 0.05) is 13.0 Å². The summed E-state index contributed by atoms with van der Waals surface area (Å²) in [5.41, 5.74) is 22.9. The molecule has 1 aromatic rings. The maximum Gasteiger partial charge on any atom is 0.245 e. The number of benzene rings is 1. The summed E-state index contributed by atoms with van der Waals surface area (Å²) in [6.45, 7) is 8.94. The van der Waals surface area contributed by atoms with E-state index in [-0.39, 0.29) is 43.6 Å². The van der Waals surface area contributed by atoms with Gasteiger partial charge in [0.2, 0.25) is 41.4 Å². The van der Waals surface area contributed by atoms with Crippen molar-refractivity contribution in [3.63, 3.8) is 0 Å². The highest BCUT2D eigenvalue weighted by Gasteiger charge is 2.35. The number of amides is 7. The molecule has 0 heterocycles. The van der Waals surface area contributed by atoms with E-state index in [9.17, 15) is 43.8 Å². The SMILES string of the molecule is CC[C@H](C)[C@H](NC(=O)[C@H](CCCN=C(N)N)NC(=O)[C@@H](NC(=O)[C@H](Cc1ccccc1)NC(=O)[C@H](CO)NC(=O)[C@H](CO)NC(=O)[C@@H](N)CC(C)C)C(C)C)C(N)=O. The van der Waals surface area contributed by atoms with E-state index in [2.05, 4.69) is 36.9 Å². The molecule has 0 saturated heterocycles. The van der Waals surface area contributed by atoms with Crippen molar-refractivity contribution < 1.29 is 43.8 Å². The first kappa shape index (κ1) is 50.7. The molecule has 1 aromatic carbocycles. The molecule has 0 saturated carbocycles. The second-order valence-corrected chi connectivity index (χ2v) is 15.0. The Balaban J connectivity index is 3.32. The second-order valence-electron chi connectivity index (χ2n) is 15.0. The van der Waals surface area contributed by atoms with Crippen LogP contribution in [0.15, 0.2) is 35.3 Å². The van der Waals surface area contributed by atoms with Gasteiger partial charge in [-0.2, -0.15) is 0 Å². The Hall–Kier alpha value is -5.34. The van der Waals surface area contributed by atoms with Crippen molar-refractivity contribution in [1.82, 2.24) is 31.9 Å². The van der Waals surface area contributed by atoms with Crippen LogP contribution >= 0.6 is 0 Å². The van der Waals surface area contributed by atoms with Crippen LogP contribution in [-0.2, 0) is 40.0 Å². The number of primary amides is 1. The van der Waals surface area contributed by atoms with Gasteiger partial charge in [-0.25, -0.2) is 0 Å². The van der Waals surface area contributed by atoms with Gasteiger partial charge in [0.25, 0.3) is 0 Å². The zero-order valence-electron chi connectivity index (χ0n) is 34.3. The minimum atomic E-state index is -1.63. The number of carbonyl (C=O) groups excluding carboxylic acids is 7. The molecule has 0 aliphatic heterocycles. The van der Waals surface area contributed by atoms with Crippen molar-refractivity contribution in [2.75, 3.05) is 19.8 Å². The molecule has 0 bridgehead atoms. The number of aliphatic hydroxyl groups excluding tert-OH is 2. The third-order valence-corrected chi connectivity index (χ3v) is 9.25. The van der Waals surface area contributed by atoms with E-state index >= 15 is 0 Å². The summed E-state index contributed by atoms with van der Waals surface area (Å²) in [5.74, 6) is -6.64. The molecule has 0 aliphatic carbocycles. The van der Waals surface area contributed by atoms with Gasteiger partial charge in [0.1, 0.15) is 36.3 Å².